The number of fused-ring (bicyclic) bond motifs is 1. The van der Waals surface area contributed by atoms with Gasteiger partial charge in [-0.05, 0) is 12.1 Å². The van der Waals surface area contributed by atoms with Crippen LogP contribution >= 0.6 is 0 Å². The number of para-hydroxylation sites is 2. The summed E-state index contributed by atoms with van der Waals surface area (Å²) in [4.78, 5) is 11.0. The maximum Gasteiger partial charge on any atom is 0.286 e. The summed E-state index contributed by atoms with van der Waals surface area (Å²) >= 11 is 0. The van der Waals surface area contributed by atoms with Crippen LogP contribution in [0.15, 0.2) is 36.3 Å². The maximum absolute atomic E-state index is 12.8. The molecule has 1 aliphatic rings. The summed E-state index contributed by atoms with van der Waals surface area (Å²) in [5.74, 6) is -1.55. The number of rotatable bonds is 0. The lowest BCUT2D eigenvalue weighted by molar-refractivity contribution is -0.114. The standard InChI is InChI=1S/C9H7FN2O/c10-6-5-11-7-3-1-2-4-8(7)12-9(6)13/h1-5,11H,(H,12,13). The second kappa shape index (κ2) is 2.90. The van der Waals surface area contributed by atoms with E-state index in [1.165, 1.54) is 0 Å². The second-order valence-corrected chi connectivity index (χ2v) is 2.64. The van der Waals surface area contributed by atoms with Crippen LogP contribution in [0.1, 0.15) is 0 Å². The van der Waals surface area contributed by atoms with E-state index in [0.29, 0.717) is 11.4 Å². The average Bonchev–Trinajstić information content (AvgIpc) is 2.28. The molecule has 1 aliphatic heterocycles. The Labute approximate surface area is 74.3 Å². The second-order valence-electron chi connectivity index (χ2n) is 2.64. The zero-order valence-electron chi connectivity index (χ0n) is 6.67. The maximum atomic E-state index is 12.8. The summed E-state index contributed by atoms with van der Waals surface area (Å²) in [6.07, 6.45) is 1.04. The highest BCUT2D eigenvalue weighted by atomic mass is 19.1. The highest BCUT2D eigenvalue weighted by Gasteiger charge is 2.14. The largest absolute Gasteiger partial charge is 0.357 e. The number of amides is 1. The van der Waals surface area contributed by atoms with Gasteiger partial charge in [-0.1, -0.05) is 12.1 Å². The van der Waals surface area contributed by atoms with E-state index < -0.39 is 11.7 Å². The molecule has 1 aromatic carbocycles. The smallest absolute Gasteiger partial charge is 0.286 e. The predicted octanol–water partition coefficient (Wildman–Crippen LogP) is 1.86. The van der Waals surface area contributed by atoms with Gasteiger partial charge in [0.1, 0.15) is 0 Å². The Balaban J connectivity index is 2.44. The van der Waals surface area contributed by atoms with E-state index in [-0.39, 0.29) is 0 Å². The average molecular weight is 178 g/mol. The van der Waals surface area contributed by atoms with Gasteiger partial charge in [-0.2, -0.15) is 4.39 Å². The van der Waals surface area contributed by atoms with Crippen molar-refractivity contribution in [2.75, 3.05) is 10.6 Å². The van der Waals surface area contributed by atoms with Gasteiger partial charge in [0.25, 0.3) is 5.91 Å². The van der Waals surface area contributed by atoms with Crippen molar-refractivity contribution < 1.29 is 9.18 Å². The first kappa shape index (κ1) is 7.79. The summed E-state index contributed by atoms with van der Waals surface area (Å²) < 4.78 is 12.8. The molecule has 0 saturated heterocycles. The zero-order valence-corrected chi connectivity index (χ0v) is 6.67. The van der Waals surface area contributed by atoms with E-state index in [9.17, 15) is 9.18 Å². The summed E-state index contributed by atoms with van der Waals surface area (Å²) in [5, 5.41) is 5.11. The molecule has 1 amide bonds. The SMILES string of the molecule is O=C1Nc2ccccc2NC=C1F. The Kier molecular flexibility index (Phi) is 1.73. The van der Waals surface area contributed by atoms with Crippen molar-refractivity contribution in [1.29, 1.82) is 0 Å². The van der Waals surface area contributed by atoms with Gasteiger partial charge < -0.3 is 10.6 Å². The van der Waals surface area contributed by atoms with Crippen molar-refractivity contribution in [1.82, 2.24) is 0 Å². The number of hydrogen-bond donors (Lipinski definition) is 2. The van der Waals surface area contributed by atoms with Crippen molar-refractivity contribution in [3.63, 3.8) is 0 Å². The molecule has 0 saturated carbocycles. The normalized spacial score (nSPS) is 14.8. The molecular weight excluding hydrogens is 171 g/mol. The van der Waals surface area contributed by atoms with Gasteiger partial charge in [-0.25, -0.2) is 0 Å². The molecule has 1 aromatic rings. The predicted molar refractivity (Wildman–Crippen MR) is 47.9 cm³/mol. The third-order valence-corrected chi connectivity index (χ3v) is 1.75. The Morgan fingerprint density at radius 2 is 1.85 bits per heavy atom. The number of halogens is 1. The molecule has 66 valence electrons. The van der Waals surface area contributed by atoms with E-state index >= 15 is 0 Å². The summed E-state index contributed by atoms with van der Waals surface area (Å²) in [6.45, 7) is 0. The van der Waals surface area contributed by atoms with Crippen LogP contribution < -0.4 is 10.6 Å². The first-order valence-electron chi connectivity index (χ1n) is 3.80. The van der Waals surface area contributed by atoms with E-state index in [0.717, 1.165) is 6.20 Å². The Hall–Kier alpha value is -1.84. The van der Waals surface area contributed by atoms with E-state index in [4.69, 9.17) is 0 Å². The molecule has 0 radical (unpaired) electrons. The highest BCUT2D eigenvalue weighted by Crippen LogP contribution is 2.24. The molecule has 1 heterocycles. The quantitative estimate of drug-likeness (QED) is 0.636. The Morgan fingerprint density at radius 3 is 2.62 bits per heavy atom. The molecule has 0 spiro atoms. The van der Waals surface area contributed by atoms with Crippen molar-refractivity contribution in [3.05, 3.63) is 36.3 Å². The van der Waals surface area contributed by atoms with Gasteiger partial charge in [-0.3, -0.25) is 4.79 Å². The summed E-state index contributed by atoms with van der Waals surface area (Å²) in [6, 6.07) is 7.02. The van der Waals surface area contributed by atoms with Crippen LogP contribution in [0, 0.1) is 0 Å². The lowest BCUT2D eigenvalue weighted by Crippen LogP contribution is -2.10. The number of nitrogens with one attached hydrogen (secondary N) is 2. The van der Waals surface area contributed by atoms with Crippen molar-refractivity contribution in [3.8, 4) is 0 Å². The van der Waals surface area contributed by atoms with Crippen molar-refractivity contribution in [2.45, 2.75) is 0 Å². The molecule has 0 aromatic heterocycles. The van der Waals surface area contributed by atoms with Crippen molar-refractivity contribution in [2.24, 2.45) is 0 Å². The van der Waals surface area contributed by atoms with Gasteiger partial charge >= 0.3 is 0 Å². The van der Waals surface area contributed by atoms with E-state index in [1.807, 2.05) is 0 Å². The van der Waals surface area contributed by atoms with Crippen LogP contribution in [0.2, 0.25) is 0 Å². The monoisotopic (exact) mass is 178 g/mol. The van der Waals surface area contributed by atoms with Crippen LogP contribution in [0.25, 0.3) is 0 Å². The minimum absolute atomic E-state index is 0.580. The van der Waals surface area contributed by atoms with Crippen LogP contribution in [0.5, 0.6) is 0 Å². The van der Waals surface area contributed by atoms with Crippen LogP contribution in [-0.4, -0.2) is 5.91 Å². The fourth-order valence-electron chi connectivity index (χ4n) is 1.11. The van der Waals surface area contributed by atoms with Crippen LogP contribution in [0.4, 0.5) is 15.8 Å². The van der Waals surface area contributed by atoms with Gasteiger partial charge in [0.05, 0.1) is 11.4 Å². The minimum Gasteiger partial charge on any atom is -0.357 e. The first-order chi connectivity index (χ1) is 6.27. The molecule has 3 nitrogen and oxygen atoms in total. The number of carbonyl (C=O) groups is 1. The molecule has 0 fully saturated rings. The summed E-state index contributed by atoms with van der Waals surface area (Å²) in [5.41, 5.74) is 1.26. The lowest BCUT2D eigenvalue weighted by atomic mass is 10.2. The van der Waals surface area contributed by atoms with Gasteiger partial charge in [-0.15, -0.1) is 0 Å². The molecule has 0 bridgehead atoms. The topological polar surface area (TPSA) is 41.1 Å². The fraction of sp³-hybridized carbons (Fsp3) is 0. The number of anilines is 2. The van der Waals surface area contributed by atoms with Gasteiger partial charge in [0.15, 0.2) is 0 Å². The van der Waals surface area contributed by atoms with E-state index in [2.05, 4.69) is 10.6 Å². The lowest BCUT2D eigenvalue weighted by Gasteiger charge is -2.04. The molecular formula is C9H7FN2O. The molecule has 13 heavy (non-hydrogen) atoms. The van der Waals surface area contributed by atoms with Crippen molar-refractivity contribution >= 4 is 17.3 Å². The molecule has 4 heteroatoms. The number of carbonyl (C=O) groups excluding carboxylic acids is 1. The summed E-state index contributed by atoms with van der Waals surface area (Å²) in [7, 11) is 0. The minimum atomic E-state index is -0.823. The molecule has 0 unspecified atom stereocenters. The van der Waals surface area contributed by atoms with Crippen LogP contribution in [0.3, 0.4) is 0 Å². The number of hydrogen-bond acceptors (Lipinski definition) is 2. The Bertz CT molecular complexity index is 387. The third kappa shape index (κ3) is 1.38. The fourth-order valence-corrected chi connectivity index (χ4v) is 1.11. The Morgan fingerprint density at radius 1 is 1.15 bits per heavy atom. The molecule has 2 N–H and O–H groups in total. The van der Waals surface area contributed by atoms with E-state index in [1.54, 1.807) is 24.3 Å². The molecule has 2 rings (SSSR count). The zero-order chi connectivity index (χ0) is 9.26. The van der Waals surface area contributed by atoms with Gasteiger partial charge in [0, 0.05) is 6.20 Å². The highest BCUT2D eigenvalue weighted by molar-refractivity contribution is 6.05. The van der Waals surface area contributed by atoms with Gasteiger partial charge in [0.2, 0.25) is 5.83 Å². The molecule has 0 aliphatic carbocycles. The first-order valence-corrected chi connectivity index (χ1v) is 3.80. The number of benzene rings is 1. The van der Waals surface area contributed by atoms with Crippen LogP contribution in [-0.2, 0) is 4.79 Å². The molecule has 0 atom stereocenters. The third-order valence-electron chi connectivity index (χ3n) is 1.75.